The van der Waals surface area contributed by atoms with Crippen LogP contribution in [0.2, 0.25) is 0 Å². The van der Waals surface area contributed by atoms with E-state index in [-0.39, 0.29) is 18.3 Å². The van der Waals surface area contributed by atoms with E-state index in [1.165, 1.54) is 6.07 Å². The number of halogens is 3. The minimum atomic E-state index is -4.63. The van der Waals surface area contributed by atoms with Crippen LogP contribution < -0.4 is 16.0 Å². The minimum Gasteiger partial charge on any atom is -0.478 e. The third kappa shape index (κ3) is 2.94. The number of rotatable bonds is 3. The summed E-state index contributed by atoms with van der Waals surface area (Å²) in [4.78, 5) is 6.34. The van der Waals surface area contributed by atoms with Gasteiger partial charge in [-0.25, -0.2) is 10.8 Å². The molecule has 1 rings (SSSR count). The average molecular weight is 222 g/mol. The SMILES string of the molecule is CCOc1cc(NN)nc(C(F)(F)F)n1. The molecule has 0 aromatic carbocycles. The van der Waals surface area contributed by atoms with E-state index in [9.17, 15) is 13.2 Å². The molecule has 0 aliphatic heterocycles. The largest absolute Gasteiger partial charge is 0.478 e. The first-order valence-corrected chi connectivity index (χ1v) is 4.03. The molecule has 0 unspecified atom stereocenters. The molecule has 15 heavy (non-hydrogen) atoms. The first-order chi connectivity index (χ1) is 6.97. The van der Waals surface area contributed by atoms with Crippen LogP contribution in [0.4, 0.5) is 19.0 Å². The Labute approximate surface area is 83.4 Å². The maximum absolute atomic E-state index is 12.3. The molecule has 0 aliphatic carbocycles. The summed E-state index contributed by atoms with van der Waals surface area (Å²) in [5.41, 5.74) is 2.01. The van der Waals surface area contributed by atoms with Gasteiger partial charge >= 0.3 is 6.18 Å². The monoisotopic (exact) mass is 222 g/mol. The van der Waals surface area contributed by atoms with Crippen molar-refractivity contribution in [2.45, 2.75) is 13.1 Å². The van der Waals surface area contributed by atoms with Crippen LogP contribution in [-0.2, 0) is 6.18 Å². The number of nitrogens with zero attached hydrogens (tertiary/aromatic N) is 2. The van der Waals surface area contributed by atoms with Crippen molar-refractivity contribution in [1.82, 2.24) is 9.97 Å². The Bertz CT molecular complexity index is 341. The molecule has 8 heteroatoms. The van der Waals surface area contributed by atoms with E-state index in [4.69, 9.17) is 10.6 Å². The smallest absolute Gasteiger partial charge is 0.451 e. The third-order valence-corrected chi connectivity index (χ3v) is 1.40. The van der Waals surface area contributed by atoms with Crippen LogP contribution in [0.15, 0.2) is 6.07 Å². The van der Waals surface area contributed by atoms with Crippen molar-refractivity contribution < 1.29 is 17.9 Å². The number of anilines is 1. The van der Waals surface area contributed by atoms with Crippen molar-refractivity contribution in [3.63, 3.8) is 0 Å². The highest BCUT2D eigenvalue weighted by atomic mass is 19.4. The molecule has 3 N–H and O–H groups in total. The van der Waals surface area contributed by atoms with Crippen molar-refractivity contribution in [2.24, 2.45) is 5.84 Å². The van der Waals surface area contributed by atoms with E-state index in [1.807, 2.05) is 5.43 Å². The summed E-state index contributed by atoms with van der Waals surface area (Å²) >= 11 is 0. The average Bonchev–Trinajstić information content (AvgIpc) is 2.16. The highest BCUT2D eigenvalue weighted by Gasteiger charge is 2.35. The van der Waals surface area contributed by atoms with Gasteiger partial charge in [0.05, 0.1) is 6.61 Å². The van der Waals surface area contributed by atoms with Gasteiger partial charge in [-0.15, -0.1) is 0 Å². The summed E-state index contributed by atoms with van der Waals surface area (Å²) in [6.07, 6.45) is -4.63. The molecule has 0 saturated heterocycles. The van der Waals surface area contributed by atoms with Crippen molar-refractivity contribution in [2.75, 3.05) is 12.0 Å². The Hall–Kier alpha value is -1.57. The van der Waals surface area contributed by atoms with Crippen molar-refractivity contribution in [3.8, 4) is 5.88 Å². The molecule has 1 aromatic rings. The zero-order valence-corrected chi connectivity index (χ0v) is 7.80. The van der Waals surface area contributed by atoms with Crippen LogP contribution in [0.5, 0.6) is 5.88 Å². The molecule has 1 heterocycles. The number of alkyl halides is 3. The Morgan fingerprint density at radius 1 is 1.47 bits per heavy atom. The maximum Gasteiger partial charge on any atom is 0.451 e. The van der Waals surface area contributed by atoms with Gasteiger partial charge in [0.2, 0.25) is 11.7 Å². The number of nitrogens with one attached hydrogen (secondary N) is 1. The number of hydrogen-bond donors (Lipinski definition) is 2. The predicted molar refractivity (Wildman–Crippen MR) is 46.0 cm³/mol. The van der Waals surface area contributed by atoms with Crippen LogP contribution in [0.25, 0.3) is 0 Å². The Balaban J connectivity index is 3.11. The standard InChI is InChI=1S/C7H9F3N4O/c1-2-15-5-3-4(14-11)12-6(13-5)7(8,9)10/h3H,2,11H2,1H3,(H,12,13,14). The van der Waals surface area contributed by atoms with E-state index >= 15 is 0 Å². The molecule has 0 bridgehead atoms. The molecule has 5 nitrogen and oxygen atoms in total. The zero-order chi connectivity index (χ0) is 11.5. The predicted octanol–water partition coefficient (Wildman–Crippen LogP) is 1.18. The number of hydrogen-bond acceptors (Lipinski definition) is 5. The van der Waals surface area contributed by atoms with Crippen molar-refractivity contribution in [1.29, 1.82) is 0 Å². The quantitative estimate of drug-likeness (QED) is 0.593. The first-order valence-electron chi connectivity index (χ1n) is 4.03. The lowest BCUT2D eigenvalue weighted by molar-refractivity contribution is -0.145. The summed E-state index contributed by atoms with van der Waals surface area (Å²) in [6, 6.07) is 1.18. The highest BCUT2D eigenvalue weighted by molar-refractivity contribution is 5.37. The van der Waals surface area contributed by atoms with Gasteiger partial charge < -0.3 is 10.2 Å². The lowest BCUT2D eigenvalue weighted by Gasteiger charge is -2.09. The fraction of sp³-hybridized carbons (Fsp3) is 0.429. The van der Waals surface area contributed by atoms with Gasteiger partial charge in [0.1, 0.15) is 5.82 Å². The lowest BCUT2D eigenvalue weighted by Crippen LogP contribution is -2.16. The molecule has 0 spiro atoms. The van der Waals surface area contributed by atoms with Crippen molar-refractivity contribution >= 4 is 5.82 Å². The van der Waals surface area contributed by atoms with Gasteiger partial charge in [-0.3, -0.25) is 0 Å². The van der Waals surface area contributed by atoms with Gasteiger partial charge in [0, 0.05) is 6.07 Å². The van der Waals surface area contributed by atoms with Crippen LogP contribution in [0, 0.1) is 0 Å². The van der Waals surface area contributed by atoms with Crippen LogP contribution in [0.1, 0.15) is 12.7 Å². The van der Waals surface area contributed by atoms with E-state index in [0.717, 1.165) is 0 Å². The topological polar surface area (TPSA) is 73.1 Å². The number of aromatic nitrogens is 2. The fourth-order valence-corrected chi connectivity index (χ4v) is 0.848. The summed E-state index contributed by atoms with van der Waals surface area (Å²) < 4.78 is 41.7. The van der Waals surface area contributed by atoms with Crippen LogP contribution >= 0.6 is 0 Å². The van der Waals surface area contributed by atoms with E-state index in [1.54, 1.807) is 6.92 Å². The van der Waals surface area contributed by atoms with E-state index in [0.29, 0.717) is 0 Å². The third-order valence-electron chi connectivity index (χ3n) is 1.40. The molecule has 0 amide bonds. The summed E-state index contributed by atoms with van der Waals surface area (Å²) in [5, 5.41) is 0. The highest BCUT2D eigenvalue weighted by Crippen LogP contribution is 2.28. The summed E-state index contributed by atoms with van der Waals surface area (Å²) in [5.74, 6) is 3.35. The van der Waals surface area contributed by atoms with E-state index < -0.39 is 12.0 Å². The van der Waals surface area contributed by atoms with Crippen molar-refractivity contribution in [3.05, 3.63) is 11.9 Å². The molecule has 0 aliphatic rings. The first kappa shape index (κ1) is 11.5. The van der Waals surface area contributed by atoms with Crippen LogP contribution in [-0.4, -0.2) is 16.6 Å². The number of nitrogen functional groups attached to an aromatic ring is 1. The molecule has 0 fully saturated rings. The molecule has 0 saturated carbocycles. The van der Waals surface area contributed by atoms with Gasteiger partial charge in [-0.1, -0.05) is 0 Å². The van der Waals surface area contributed by atoms with Gasteiger partial charge in [-0.05, 0) is 6.92 Å². The Morgan fingerprint density at radius 2 is 2.13 bits per heavy atom. The minimum absolute atomic E-state index is 0.152. The van der Waals surface area contributed by atoms with Gasteiger partial charge in [0.15, 0.2) is 0 Å². The normalized spacial score (nSPS) is 11.3. The number of hydrazine groups is 1. The molecule has 0 atom stereocenters. The summed E-state index contributed by atoms with van der Waals surface area (Å²) in [6.45, 7) is 1.84. The van der Waals surface area contributed by atoms with Gasteiger partial charge in [0.25, 0.3) is 0 Å². The molecular formula is C7H9F3N4O. The Kier molecular flexibility index (Phi) is 3.30. The maximum atomic E-state index is 12.3. The summed E-state index contributed by atoms with van der Waals surface area (Å²) in [7, 11) is 0. The second-order valence-corrected chi connectivity index (χ2v) is 2.49. The molecule has 1 aromatic heterocycles. The second kappa shape index (κ2) is 4.30. The van der Waals surface area contributed by atoms with Crippen LogP contribution in [0.3, 0.4) is 0 Å². The molecule has 0 radical (unpaired) electrons. The van der Waals surface area contributed by atoms with Gasteiger partial charge in [-0.2, -0.15) is 18.2 Å². The molecular weight excluding hydrogens is 213 g/mol. The Morgan fingerprint density at radius 3 is 2.60 bits per heavy atom. The zero-order valence-electron chi connectivity index (χ0n) is 7.80. The molecule has 84 valence electrons. The second-order valence-electron chi connectivity index (χ2n) is 2.49. The number of nitrogens with two attached hydrogens (primary N) is 1. The number of ether oxygens (including phenoxy) is 1. The van der Waals surface area contributed by atoms with E-state index in [2.05, 4.69) is 9.97 Å². The fourth-order valence-electron chi connectivity index (χ4n) is 0.848. The lowest BCUT2D eigenvalue weighted by atomic mass is 10.5.